The lowest BCUT2D eigenvalue weighted by Gasteiger charge is -2.00. The molecule has 88 valence electrons. The molecule has 0 amide bonds. The molecule has 0 spiro atoms. The normalized spacial score (nSPS) is 10.4. The van der Waals surface area contributed by atoms with Crippen molar-refractivity contribution in [2.75, 3.05) is 5.73 Å². The van der Waals surface area contributed by atoms with Crippen molar-refractivity contribution >= 4 is 33.9 Å². The summed E-state index contributed by atoms with van der Waals surface area (Å²) in [5.41, 5.74) is 5.65. The van der Waals surface area contributed by atoms with Crippen LogP contribution in [0.2, 0.25) is 0 Å². The Hall–Kier alpha value is -1.60. The number of aromatic nitrogens is 1. The first-order chi connectivity index (χ1) is 8.16. The molecule has 2 rings (SSSR count). The number of hydrogen-bond acceptors (Lipinski definition) is 6. The SMILES string of the molecule is Nc1ncc(CSc2ccccc2[N+](=O)[O-])s1. The van der Waals surface area contributed by atoms with Crippen LogP contribution in [-0.2, 0) is 5.75 Å². The van der Waals surface area contributed by atoms with E-state index < -0.39 is 0 Å². The molecule has 5 nitrogen and oxygen atoms in total. The number of hydrogen-bond donors (Lipinski definition) is 1. The molecule has 2 N–H and O–H groups in total. The highest BCUT2D eigenvalue weighted by molar-refractivity contribution is 7.98. The third-order valence-electron chi connectivity index (χ3n) is 2.00. The zero-order valence-electron chi connectivity index (χ0n) is 8.70. The average Bonchev–Trinajstić information content (AvgIpc) is 2.73. The molecule has 0 aliphatic carbocycles. The zero-order chi connectivity index (χ0) is 12.3. The molecule has 1 aromatic carbocycles. The summed E-state index contributed by atoms with van der Waals surface area (Å²) >= 11 is 2.81. The van der Waals surface area contributed by atoms with Crippen molar-refractivity contribution in [2.24, 2.45) is 0 Å². The average molecular weight is 267 g/mol. The number of nitrogens with two attached hydrogens (primary N) is 1. The van der Waals surface area contributed by atoms with Crippen LogP contribution in [0.3, 0.4) is 0 Å². The van der Waals surface area contributed by atoms with E-state index in [-0.39, 0.29) is 10.6 Å². The van der Waals surface area contributed by atoms with E-state index in [9.17, 15) is 10.1 Å². The monoisotopic (exact) mass is 267 g/mol. The Kier molecular flexibility index (Phi) is 3.60. The maximum absolute atomic E-state index is 10.8. The Morgan fingerprint density at radius 1 is 1.47 bits per heavy atom. The van der Waals surface area contributed by atoms with Gasteiger partial charge < -0.3 is 5.73 Å². The predicted octanol–water partition coefficient (Wildman–Crippen LogP) is 2.93. The second-order valence-corrected chi connectivity index (χ2v) is 5.34. The zero-order valence-corrected chi connectivity index (χ0v) is 10.3. The second kappa shape index (κ2) is 5.15. The fourth-order valence-corrected chi connectivity index (χ4v) is 3.00. The molecule has 17 heavy (non-hydrogen) atoms. The van der Waals surface area contributed by atoms with Gasteiger partial charge in [-0.1, -0.05) is 12.1 Å². The standard InChI is InChI=1S/C10H9N3O2S2/c11-10-12-5-7(17-10)6-16-9-4-2-1-3-8(9)13(14)15/h1-5H,6H2,(H2,11,12). The molecule has 0 aliphatic heterocycles. The molecule has 1 aromatic heterocycles. The maximum atomic E-state index is 10.8. The minimum absolute atomic E-state index is 0.134. The van der Waals surface area contributed by atoms with Crippen molar-refractivity contribution in [3.05, 3.63) is 45.5 Å². The van der Waals surface area contributed by atoms with Crippen LogP contribution in [0.25, 0.3) is 0 Å². The van der Waals surface area contributed by atoms with Crippen molar-refractivity contribution in [1.82, 2.24) is 4.98 Å². The van der Waals surface area contributed by atoms with Gasteiger partial charge in [-0.3, -0.25) is 10.1 Å². The first-order valence-corrected chi connectivity index (χ1v) is 6.53. The molecule has 0 saturated carbocycles. The van der Waals surface area contributed by atoms with Gasteiger partial charge in [0.15, 0.2) is 5.13 Å². The third kappa shape index (κ3) is 2.95. The summed E-state index contributed by atoms with van der Waals surface area (Å²) in [7, 11) is 0. The summed E-state index contributed by atoms with van der Waals surface area (Å²) in [6.45, 7) is 0. The molecule has 0 bridgehead atoms. The van der Waals surface area contributed by atoms with Crippen LogP contribution in [0, 0.1) is 10.1 Å². The van der Waals surface area contributed by atoms with E-state index in [4.69, 9.17) is 5.73 Å². The largest absolute Gasteiger partial charge is 0.375 e. The summed E-state index contributed by atoms with van der Waals surface area (Å²) in [5, 5.41) is 11.3. The van der Waals surface area contributed by atoms with Crippen molar-refractivity contribution in [3.8, 4) is 0 Å². The summed E-state index contributed by atoms with van der Waals surface area (Å²) in [6, 6.07) is 6.69. The van der Waals surface area contributed by atoms with Gasteiger partial charge in [0.1, 0.15) is 0 Å². The van der Waals surface area contributed by atoms with Gasteiger partial charge in [-0.05, 0) is 6.07 Å². The van der Waals surface area contributed by atoms with Crippen LogP contribution in [0.4, 0.5) is 10.8 Å². The first-order valence-electron chi connectivity index (χ1n) is 4.73. The van der Waals surface area contributed by atoms with Crippen LogP contribution >= 0.6 is 23.1 Å². The molecule has 7 heteroatoms. The molecule has 2 aromatic rings. The number of nitro benzene ring substituents is 1. The number of benzene rings is 1. The molecule has 0 unspecified atom stereocenters. The van der Waals surface area contributed by atoms with Crippen LogP contribution in [0.5, 0.6) is 0 Å². The fourth-order valence-electron chi connectivity index (χ4n) is 1.27. The molecular weight excluding hydrogens is 258 g/mol. The number of thiazole rings is 1. The minimum Gasteiger partial charge on any atom is -0.375 e. The first kappa shape index (κ1) is 11.9. The summed E-state index contributed by atoms with van der Waals surface area (Å²) < 4.78 is 0. The molecule has 0 saturated heterocycles. The van der Waals surface area contributed by atoms with Crippen LogP contribution < -0.4 is 5.73 Å². The number of rotatable bonds is 4. The van der Waals surface area contributed by atoms with Gasteiger partial charge in [-0.15, -0.1) is 23.1 Å². The quantitative estimate of drug-likeness (QED) is 0.523. The van der Waals surface area contributed by atoms with Crippen molar-refractivity contribution in [2.45, 2.75) is 10.6 Å². The maximum Gasteiger partial charge on any atom is 0.282 e. The van der Waals surface area contributed by atoms with Crippen LogP contribution in [0.15, 0.2) is 35.4 Å². The van der Waals surface area contributed by atoms with E-state index in [1.807, 2.05) is 0 Å². The highest BCUT2D eigenvalue weighted by Gasteiger charge is 2.13. The second-order valence-electron chi connectivity index (χ2n) is 3.18. The number of nitrogens with zero attached hydrogens (tertiary/aromatic N) is 2. The van der Waals surface area contributed by atoms with E-state index in [1.54, 1.807) is 24.4 Å². The number of para-hydroxylation sites is 1. The topological polar surface area (TPSA) is 82.0 Å². The van der Waals surface area contributed by atoms with E-state index in [0.717, 1.165) is 4.88 Å². The van der Waals surface area contributed by atoms with E-state index >= 15 is 0 Å². The Labute approximate surface area is 106 Å². The lowest BCUT2D eigenvalue weighted by Crippen LogP contribution is -1.90. The summed E-state index contributed by atoms with van der Waals surface area (Å²) in [4.78, 5) is 16.0. The summed E-state index contributed by atoms with van der Waals surface area (Å²) in [5.74, 6) is 0.639. The van der Waals surface area contributed by atoms with E-state index in [0.29, 0.717) is 15.8 Å². The Morgan fingerprint density at radius 3 is 2.88 bits per heavy atom. The highest BCUT2D eigenvalue weighted by Crippen LogP contribution is 2.32. The van der Waals surface area contributed by atoms with Gasteiger partial charge in [0, 0.05) is 22.9 Å². The predicted molar refractivity (Wildman–Crippen MR) is 69.2 cm³/mol. The minimum atomic E-state index is -0.372. The Morgan fingerprint density at radius 2 is 2.24 bits per heavy atom. The Balaban J connectivity index is 2.11. The van der Waals surface area contributed by atoms with Crippen molar-refractivity contribution < 1.29 is 4.92 Å². The van der Waals surface area contributed by atoms with Gasteiger partial charge in [0.25, 0.3) is 5.69 Å². The molecule has 0 atom stereocenters. The van der Waals surface area contributed by atoms with Gasteiger partial charge in [0.2, 0.25) is 0 Å². The van der Waals surface area contributed by atoms with Crippen LogP contribution in [-0.4, -0.2) is 9.91 Å². The van der Waals surface area contributed by atoms with Gasteiger partial charge in [-0.25, -0.2) is 4.98 Å². The van der Waals surface area contributed by atoms with E-state index in [2.05, 4.69) is 4.98 Å². The molecular formula is C10H9N3O2S2. The molecule has 0 aliphatic rings. The number of nitro groups is 1. The van der Waals surface area contributed by atoms with Crippen molar-refractivity contribution in [3.63, 3.8) is 0 Å². The van der Waals surface area contributed by atoms with E-state index in [1.165, 1.54) is 29.2 Å². The smallest absolute Gasteiger partial charge is 0.282 e. The lowest BCUT2D eigenvalue weighted by molar-refractivity contribution is -0.387. The summed E-state index contributed by atoms with van der Waals surface area (Å²) in [6.07, 6.45) is 1.70. The van der Waals surface area contributed by atoms with Crippen LogP contribution in [0.1, 0.15) is 4.88 Å². The molecule has 0 fully saturated rings. The van der Waals surface area contributed by atoms with Crippen molar-refractivity contribution in [1.29, 1.82) is 0 Å². The number of nitrogen functional groups attached to an aromatic ring is 1. The highest BCUT2D eigenvalue weighted by atomic mass is 32.2. The third-order valence-corrected chi connectivity index (χ3v) is 4.12. The van der Waals surface area contributed by atoms with Gasteiger partial charge in [-0.2, -0.15) is 0 Å². The lowest BCUT2D eigenvalue weighted by atomic mass is 10.3. The van der Waals surface area contributed by atoms with Gasteiger partial charge >= 0.3 is 0 Å². The Bertz CT molecular complexity index is 542. The molecule has 0 radical (unpaired) electrons. The fraction of sp³-hybridized carbons (Fsp3) is 0.100. The van der Waals surface area contributed by atoms with Gasteiger partial charge in [0.05, 0.1) is 9.82 Å². The number of thioether (sulfide) groups is 1. The number of anilines is 1. The molecule has 1 heterocycles.